The normalized spacial score (nSPS) is 18.3. The Bertz CT molecular complexity index is 681. The minimum absolute atomic E-state index is 0.430. The summed E-state index contributed by atoms with van der Waals surface area (Å²) in [5, 5.41) is 10.3. The lowest BCUT2D eigenvalue weighted by Gasteiger charge is -2.23. The Kier molecular flexibility index (Phi) is 3.05. The molecule has 3 nitrogen and oxygen atoms in total. The maximum Gasteiger partial charge on any atom is 0.336 e. The van der Waals surface area contributed by atoms with E-state index in [0.717, 1.165) is 45.9 Å². The van der Waals surface area contributed by atoms with Crippen molar-refractivity contribution in [1.29, 1.82) is 0 Å². The molecule has 1 unspecified atom stereocenters. The van der Waals surface area contributed by atoms with Crippen molar-refractivity contribution in [3.05, 3.63) is 39.5 Å². The van der Waals surface area contributed by atoms with Crippen molar-refractivity contribution in [3.63, 3.8) is 0 Å². The second-order valence-corrected chi connectivity index (χ2v) is 6.05. The number of aromatic carboxylic acids is 1. The molecule has 1 heterocycles. The zero-order valence-corrected chi connectivity index (χ0v) is 12.2. The first-order chi connectivity index (χ1) is 9.08. The quantitative estimate of drug-likeness (QED) is 0.869. The van der Waals surface area contributed by atoms with Gasteiger partial charge >= 0.3 is 5.97 Å². The summed E-state index contributed by atoms with van der Waals surface area (Å²) in [6.07, 6.45) is 2.76. The molecular formula is C15H14BrNO2. The summed E-state index contributed by atoms with van der Waals surface area (Å²) >= 11 is 3.46. The monoisotopic (exact) mass is 319 g/mol. The van der Waals surface area contributed by atoms with Crippen molar-refractivity contribution in [2.45, 2.75) is 26.2 Å². The second kappa shape index (κ2) is 4.60. The molecule has 2 aromatic rings. The summed E-state index contributed by atoms with van der Waals surface area (Å²) < 4.78 is 0.802. The molecule has 0 saturated heterocycles. The molecule has 19 heavy (non-hydrogen) atoms. The molecule has 4 heteroatoms. The van der Waals surface area contributed by atoms with E-state index < -0.39 is 5.97 Å². The SMILES string of the molecule is CC1CCc2nc3cccc(Br)c3c(C(=O)O)c2C1. The van der Waals surface area contributed by atoms with Crippen LogP contribution in [0.5, 0.6) is 0 Å². The van der Waals surface area contributed by atoms with Crippen molar-refractivity contribution in [2.24, 2.45) is 5.92 Å². The van der Waals surface area contributed by atoms with E-state index in [0.29, 0.717) is 11.5 Å². The number of rotatable bonds is 1. The largest absolute Gasteiger partial charge is 0.478 e. The fourth-order valence-corrected chi connectivity index (χ4v) is 3.41. The molecule has 0 spiro atoms. The third-order valence-corrected chi connectivity index (χ3v) is 4.45. The number of fused-ring (bicyclic) bond motifs is 2. The van der Waals surface area contributed by atoms with Crippen LogP contribution in [0.1, 0.15) is 35.0 Å². The first-order valence-corrected chi connectivity index (χ1v) is 7.20. The molecule has 0 aliphatic heterocycles. The van der Waals surface area contributed by atoms with Gasteiger partial charge in [0.1, 0.15) is 0 Å². The first kappa shape index (κ1) is 12.6. The second-order valence-electron chi connectivity index (χ2n) is 5.20. The van der Waals surface area contributed by atoms with E-state index in [1.165, 1.54) is 0 Å². The first-order valence-electron chi connectivity index (χ1n) is 6.41. The van der Waals surface area contributed by atoms with E-state index in [1.807, 2.05) is 18.2 Å². The molecule has 1 aromatic heterocycles. The van der Waals surface area contributed by atoms with Gasteiger partial charge in [-0.1, -0.05) is 28.9 Å². The Balaban J connectivity index is 2.41. The van der Waals surface area contributed by atoms with Gasteiger partial charge in [-0.2, -0.15) is 0 Å². The highest BCUT2D eigenvalue weighted by molar-refractivity contribution is 9.10. The van der Waals surface area contributed by atoms with Gasteiger partial charge in [-0.05, 0) is 42.9 Å². The van der Waals surface area contributed by atoms with E-state index >= 15 is 0 Å². The lowest BCUT2D eigenvalue weighted by Crippen LogP contribution is -2.18. The Morgan fingerprint density at radius 1 is 1.47 bits per heavy atom. The van der Waals surface area contributed by atoms with Gasteiger partial charge in [0.2, 0.25) is 0 Å². The van der Waals surface area contributed by atoms with Gasteiger partial charge in [-0.3, -0.25) is 4.98 Å². The summed E-state index contributed by atoms with van der Waals surface area (Å²) in [6.45, 7) is 2.17. The van der Waals surface area contributed by atoms with Gasteiger partial charge in [0, 0.05) is 15.6 Å². The Morgan fingerprint density at radius 3 is 3.00 bits per heavy atom. The molecule has 98 valence electrons. The van der Waals surface area contributed by atoms with E-state index in [-0.39, 0.29) is 0 Å². The molecule has 0 radical (unpaired) electrons. The predicted octanol–water partition coefficient (Wildman–Crippen LogP) is 3.82. The van der Waals surface area contributed by atoms with Crippen LogP contribution in [0.4, 0.5) is 0 Å². The Hall–Kier alpha value is -1.42. The molecule has 0 amide bonds. The summed E-state index contributed by atoms with van der Waals surface area (Å²) in [7, 11) is 0. The number of carboxylic acids is 1. The summed E-state index contributed by atoms with van der Waals surface area (Å²) in [5.41, 5.74) is 3.07. The van der Waals surface area contributed by atoms with E-state index in [1.54, 1.807) is 0 Å². The Morgan fingerprint density at radius 2 is 2.26 bits per heavy atom. The van der Waals surface area contributed by atoms with Crippen molar-refractivity contribution in [3.8, 4) is 0 Å². The molecule has 0 fully saturated rings. The van der Waals surface area contributed by atoms with E-state index in [4.69, 9.17) is 0 Å². The fraction of sp³-hybridized carbons (Fsp3) is 0.333. The third kappa shape index (κ3) is 2.04. The highest BCUT2D eigenvalue weighted by atomic mass is 79.9. The molecule has 0 bridgehead atoms. The number of hydrogen-bond donors (Lipinski definition) is 1. The summed E-state index contributed by atoms with van der Waals surface area (Å²) in [6, 6.07) is 5.64. The number of benzene rings is 1. The van der Waals surface area contributed by atoms with Crippen LogP contribution in [-0.4, -0.2) is 16.1 Å². The number of hydrogen-bond acceptors (Lipinski definition) is 2. The zero-order valence-electron chi connectivity index (χ0n) is 10.6. The maximum absolute atomic E-state index is 11.7. The number of halogens is 1. The standard InChI is InChI=1S/C15H14BrNO2/c1-8-5-6-11-9(7-8)13(15(18)19)14-10(16)3-2-4-12(14)17-11/h2-4,8H,5-7H2,1H3,(H,18,19). The molecule has 1 aromatic carbocycles. The molecule has 1 aliphatic carbocycles. The number of nitrogens with zero attached hydrogens (tertiary/aromatic N) is 1. The topological polar surface area (TPSA) is 50.2 Å². The molecule has 3 rings (SSSR count). The van der Waals surface area contributed by atoms with Crippen LogP contribution >= 0.6 is 15.9 Å². The van der Waals surface area contributed by atoms with Crippen LogP contribution in [0.2, 0.25) is 0 Å². The highest BCUT2D eigenvalue weighted by Crippen LogP contribution is 2.34. The van der Waals surface area contributed by atoms with Gasteiger partial charge < -0.3 is 5.11 Å². The van der Waals surface area contributed by atoms with Gasteiger partial charge in [-0.15, -0.1) is 0 Å². The summed E-state index contributed by atoms with van der Waals surface area (Å²) in [5.74, 6) is -0.336. The van der Waals surface area contributed by atoms with Gasteiger partial charge in [0.05, 0.1) is 11.1 Å². The number of aromatic nitrogens is 1. The molecule has 1 atom stereocenters. The van der Waals surface area contributed by atoms with Crippen LogP contribution in [0.25, 0.3) is 10.9 Å². The van der Waals surface area contributed by atoms with Crippen molar-refractivity contribution in [1.82, 2.24) is 4.98 Å². The highest BCUT2D eigenvalue weighted by Gasteiger charge is 2.25. The maximum atomic E-state index is 11.7. The van der Waals surface area contributed by atoms with Gasteiger partial charge in [0.25, 0.3) is 0 Å². The number of pyridine rings is 1. The number of aryl methyl sites for hydroxylation is 1. The van der Waals surface area contributed by atoms with E-state index in [9.17, 15) is 9.90 Å². The van der Waals surface area contributed by atoms with Crippen molar-refractivity contribution >= 4 is 32.8 Å². The van der Waals surface area contributed by atoms with Crippen molar-refractivity contribution < 1.29 is 9.90 Å². The van der Waals surface area contributed by atoms with Crippen LogP contribution < -0.4 is 0 Å². The van der Waals surface area contributed by atoms with Gasteiger partial charge in [-0.25, -0.2) is 4.79 Å². The lowest BCUT2D eigenvalue weighted by atomic mass is 9.84. The van der Waals surface area contributed by atoms with Crippen LogP contribution in [0.15, 0.2) is 22.7 Å². The number of carbonyl (C=O) groups is 1. The molecule has 1 N–H and O–H groups in total. The fourth-order valence-electron chi connectivity index (χ4n) is 2.86. The lowest BCUT2D eigenvalue weighted by molar-refractivity contribution is 0.0697. The minimum Gasteiger partial charge on any atom is -0.478 e. The van der Waals surface area contributed by atoms with Crippen LogP contribution in [-0.2, 0) is 12.8 Å². The summed E-state index contributed by atoms with van der Waals surface area (Å²) in [4.78, 5) is 16.4. The molecule has 0 saturated carbocycles. The van der Waals surface area contributed by atoms with Crippen LogP contribution in [0, 0.1) is 5.92 Å². The third-order valence-electron chi connectivity index (χ3n) is 3.79. The average Bonchev–Trinajstić information content (AvgIpc) is 2.36. The van der Waals surface area contributed by atoms with E-state index in [2.05, 4.69) is 27.8 Å². The molecule has 1 aliphatic rings. The average molecular weight is 320 g/mol. The Labute approximate surface area is 119 Å². The minimum atomic E-state index is -0.857. The predicted molar refractivity (Wildman–Crippen MR) is 77.6 cm³/mol. The van der Waals surface area contributed by atoms with Gasteiger partial charge in [0.15, 0.2) is 0 Å². The molecular weight excluding hydrogens is 306 g/mol. The zero-order chi connectivity index (χ0) is 13.6. The van der Waals surface area contributed by atoms with Crippen LogP contribution in [0.3, 0.4) is 0 Å². The van der Waals surface area contributed by atoms with Crippen molar-refractivity contribution in [2.75, 3.05) is 0 Å². The number of carboxylic acid groups (broad SMARTS) is 1. The smallest absolute Gasteiger partial charge is 0.336 e.